The van der Waals surface area contributed by atoms with Gasteiger partial charge in [-0.3, -0.25) is 14.9 Å². The molecular formula is C20H20FNO4. The molecule has 3 rings (SSSR count). The molecule has 2 aromatic carbocycles. The number of Topliss-reactive ketones (excluding diaryl/α,β-unsaturated/α-hetero) is 1. The maximum absolute atomic E-state index is 13.3. The van der Waals surface area contributed by atoms with Crippen LogP contribution >= 0.6 is 0 Å². The van der Waals surface area contributed by atoms with Crippen LogP contribution in [0.15, 0.2) is 42.5 Å². The van der Waals surface area contributed by atoms with Gasteiger partial charge in [0, 0.05) is 17.7 Å². The second-order valence-electron chi connectivity index (χ2n) is 6.54. The van der Waals surface area contributed by atoms with E-state index in [9.17, 15) is 19.3 Å². The molecule has 1 saturated carbocycles. The summed E-state index contributed by atoms with van der Waals surface area (Å²) in [7, 11) is 0. The Hall–Kier alpha value is -2.76. The Morgan fingerprint density at radius 3 is 2.46 bits per heavy atom. The number of hydrogen-bond acceptors (Lipinski definition) is 4. The van der Waals surface area contributed by atoms with Gasteiger partial charge in [0.05, 0.1) is 4.92 Å². The first kappa shape index (κ1) is 18.0. The van der Waals surface area contributed by atoms with Crippen LogP contribution in [-0.4, -0.2) is 17.3 Å². The van der Waals surface area contributed by atoms with Gasteiger partial charge >= 0.3 is 5.69 Å². The molecule has 0 spiro atoms. The third-order valence-electron chi connectivity index (χ3n) is 4.79. The summed E-state index contributed by atoms with van der Waals surface area (Å²) in [5.41, 5.74) is 1.35. The van der Waals surface area contributed by atoms with Crippen molar-refractivity contribution in [2.45, 2.75) is 38.0 Å². The Morgan fingerprint density at radius 2 is 1.81 bits per heavy atom. The molecule has 0 saturated heterocycles. The van der Waals surface area contributed by atoms with E-state index in [0.717, 1.165) is 18.2 Å². The first-order chi connectivity index (χ1) is 12.5. The zero-order chi connectivity index (χ0) is 18.5. The van der Waals surface area contributed by atoms with Gasteiger partial charge in [0.2, 0.25) is 0 Å². The Morgan fingerprint density at radius 1 is 1.12 bits per heavy atom. The minimum Gasteiger partial charge on any atom is -0.478 e. The van der Waals surface area contributed by atoms with Crippen LogP contribution in [0.3, 0.4) is 0 Å². The molecule has 0 amide bonds. The van der Waals surface area contributed by atoms with Gasteiger partial charge in [-0.1, -0.05) is 43.5 Å². The normalized spacial score (nSPS) is 14.8. The van der Waals surface area contributed by atoms with Crippen molar-refractivity contribution in [3.05, 3.63) is 69.5 Å². The number of nitrogens with zero attached hydrogens (tertiary/aromatic N) is 1. The Bertz CT molecular complexity index is 798. The van der Waals surface area contributed by atoms with Crippen LogP contribution in [-0.2, 0) is 0 Å². The monoisotopic (exact) mass is 357 g/mol. The number of nitro benzene ring substituents is 1. The topological polar surface area (TPSA) is 69.4 Å². The molecule has 0 radical (unpaired) electrons. The molecule has 136 valence electrons. The lowest BCUT2D eigenvalue weighted by molar-refractivity contribution is -0.385. The molecule has 0 unspecified atom stereocenters. The van der Waals surface area contributed by atoms with Crippen molar-refractivity contribution < 1.29 is 18.8 Å². The van der Waals surface area contributed by atoms with Crippen LogP contribution in [0.4, 0.5) is 10.1 Å². The largest absolute Gasteiger partial charge is 0.478 e. The summed E-state index contributed by atoms with van der Waals surface area (Å²) in [6, 6.07) is 10.4. The van der Waals surface area contributed by atoms with Crippen molar-refractivity contribution in [2.75, 3.05) is 6.61 Å². The summed E-state index contributed by atoms with van der Waals surface area (Å²) in [6.45, 7) is -0.382. The van der Waals surface area contributed by atoms with Crippen LogP contribution < -0.4 is 4.74 Å². The number of ketones is 1. The standard InChI is InChI=1S/C20H20FNO4/c21-17-10-11-18(22(24)25)20(12-17)26-13-19(23)16-8-6-15(7-9-16)14-4-2-1-3-5-14/h6-12,14H,1-5,13H2. The highest BCUT2D eigenvalue weighted by Gasteiger charge is 2.19. The van der Waals surface area contributed by atoms with Crippen LogP contribution in [0.25, 0.3) is 0 Å². The highest BCUT2D eigenvalue weighted by atomic mass is 19.1. The Labute approximate surface area is 150 Å². The van der Waals surface area contributed by atoms with E-state index in [1.807, 2.05) is 12.1 Å². The number of nitro groups is 1. The van der Waals surface area contributed by atoms with Crippen molar-refractivity contribution in [2.24, 2.45) is 0 Å². The van der Waals surface area contributed by atoms with E-state index in [-0.39, 0.29) is 23.8 Å². The zero-order valence-electron chi connectivity index (χ0n) is 14.3. The van der Waals surface area contributed by atoms with Gasteiger partial charge in [-0.25, -0.2) is 4.39 Å². The highest BCUT2D eigenvalue weighted by Crippen LogP contribution is 2.32. The summed E-state index contributed by atoms with van der Waals surface area (Å²) >= 11 is 0. The lowest BCUT2D eigenvalue weighted by Gasteiger charge is -2.22. The molecule has 0 N–H and O–H groups in total. The SMILES string of the molecule is O=C(COc1cc(F)ccc1[N+](=O)[O-])c1ccc(C2CCCCC2)cc1. The van der Waals surface area contributed by atoms with E-state index in [1.165, 1.54) is 37.7 Å². The molecule has 6 heteroatoms. The fourth-order valence-corrected chi connectivity index (χ4v) is 3.36. The van der Waals surface area contributed by atoms with E-state index < -0.39 is 10.7 Å². The van der Waals surface area contributed by atoms with E-state index in [2.05, 4.69) is 0 Å². The van der Waals surface area contributed by atoms with Gasteiger partial charge in [0.15, 0.2) is 18.1 Å². The minimum absolute atomic E-state index is 0.248. The maximum Gasteiger partial charge on any atom is 0.311 e. The summed E-state index contributed by atoms with van der Waals surface area (Å²) in [5, 5.41) is 11.0. The van der Waals surface area contributed by atoms with Gasteiger partial charge in [-0.15, -0.1) is 0 Å². The van der Waals surface area contributed by atoms with Crippen LogP contribution in [0.2, 0.25) is 0 Å². The lowest BCUT2D eigenvalue weighted by atomic mass is 9.84. The number of rotatable bonds is 6. The number of benzene rings is 2. The van der Waals surface area contributed by atoms with Gasteiger partial charge < -0.3 is 4.74 Å². The average molecular weight is 357 g/mol. The van der Waals surface area contributed by atoms with Crippen LogP contribution in [0.5, 0.6) is 5.75 Å². The molecule has 0 atom stereocenters. The summed E-state index contributed by atoms with van der Waals surface area (Å²) in [5.74, 6) is -0.657. The number of ether oxygens (including phenoxy) is 1. The summed E-state index contributed by atoms with van der Waals surface area (Å²) in [6.07, 6.45) is 6.13. The van der Waals surface area contributed by atoms with E-state index in [1.54, 1.807) is 12.1 Å². The van der Waals surface area contributed by atoms with Gasteiger partial charge in [0.25, 0.3) is 0 Å². The maximum atomic E-state index is 13.3. The first-order valence-corrected chi connectivity index (χ1v) is 8.74. The van der Waals surface area contributed by atoms with Crippen molar-refractivity contribution in [1.82, 2.24) is 0 Å². The summed E-state index contributed by atoms with van der Waals surface area (Å²) in [4.78, 5) is 22.6. The van der Waals surface area contributed by atoms with Crippen LogP contribution in [0, 0.1) is 15.9 Å². The lowest BCUT2D eigenvalue weighted by Crippen LogP contribution is -2.13. The Balaban J connectivity index is 1.65. The predicted octanol–water partition coefficient (Wildman–Crippen LogP) is 5.04. The van der Waals surface area contributed by atoms with Crippen molar-refractivity contribution >= 4 is 11.5 Å². The third-order valence-corrected chi connectivity index (χ3v) is 4.79. The molecule has 0 heterocycles. The average Bonchev–Trinajstić information content (AvgIpc) is 2.66. The molecule has 1 aliphatic carbocycles. The summed E-state index contributed by atoms with van der Waals surface area (Å²) < 4.78 is 18.5. The molecule has 2 aromatic rings. The predicted molar refractivity (Wildman–Crippen MR) is 95.1 cm³/mol. The minimum atomic E-state index is -0.668. The fraction of sp³-hybridized carbons (Fsp3) is 0.350. The molecule has 0 bridgehead atoms. The fourth-order valence-electron chi connectivity index (χ4n) is 3.36. The molecule has 5 nitrogen and oxygen atoms in total. The second-order valence-corrected chi connectivity index (χ2v) is 6.54. The van der Waals surface area contributed by atoms with Gasteiger partial charge in [-0.2, -0.15) is 0 Å². The van der Waals surface area contributed by atoms with Crippen molar-refractivity contribution in [3.63, 3.8) is 0 Å². The molecule has 0 aromatic heterocycles. The molecule has 1 fully saturated rings. The number of carbonyl (C=O) groups is 1. The van der Waals surface area contributed by atoms with Gasteiger partial charge in [0.1, 0.15) is 5.82 Å². The number of carbonyl (C=O) groups excluding carboxylic acids is 1. The molecule has 0 aliphatic heterocycles. The van der Waals surface area contributed by atoms with Crippen LogP contribution in [0.1, 0.15) is 53.9 Å². The third kappa shape index (κ3) is 4.25. The molecular weight excluding hydrogens is 337 g/mol. The molecule has 1 aliphatic rings. The smallest absolute Gasteiger partial charge is 0.311 e. The zero-order valence-corrected chi connectivity index (χ0v) is 14.3. The number of halogens is 1. The van der Waals surface area contributed by atoms with E-state index in [4.69, 9.17) is 4.74 Å². The van der Waals surface area contributed by atoms with E-state index in [0.29, 0.717) is 11.5 Å². The van der Waals surface area contributed by atoms with E-state index >= 15 is 0 Å². The number of hydrogen-bond donors (Lipinski definition) is 0. The molecule has 26 heavy (non-hydrogen) atoms. The first-order valence-electron chi connectivity index (χ1n) is 8.74. The Kier molecular flexibility index (Phi) is 5.61. The van der Waals surface area contributed by atoms with Gasteiger partial charge in [-0.05, 0) is 30.4 Å². The quantitative estimate of drug-likeness (QED) is 0.412. The second kappa shape index (κ2) is 8.08. The van der Waals surface area contributed by atoms with Crippen molar-refractivity contribution in [1.29, 1.82) is 0 Å². The van der Waals surface area contributed by atoms with Crippen molar-refractivity contribution in [3.8, 4) is 5.75 Å². The highest BCUT2D eigenvalue weighted by molar-refractivity contribution is 5.97.